The second-order valence-electron chi connectivity index (χ2n) is 6.95. The molecule has 3 heterocycles. The number of carbonyl (C=O) groups is 1. The number of rotatable bonds is 7. The third-order valence-corrected chi connectivity index (χ3v) is 6.54. The number of morpholine rings is 1. The predicted octanol–water partition coefficient (Wildman–Crippen LogP) is 3.84. The molecule has 8 heteroatoms. The van der Waals surface area contributed by atoms with Gasteiger partial charge in [0.2, 0.25) is 5.91 Å². The zero-order valence-corrected chi connectivity index (χ0v) is 18.0. The highest BCUT2D eigenvalue weighted by Gasteiger charge is 2.14. The first-order valence-electron chi connectivity index (χ1n) is 9.77. The summed E-state index contributed by atoms with van der Waals surface area (Å²) < 4.78 is 5.37. The topological polar surface area (TPSA) is 67.4 Å². The molecule has 29 heavy (non-hydrogen) atoms. The molecule has 0 aliphatic carbocycles. The van der Waals surface area contributed by atoms with E-state index < -0.39 is 0 Å². The minimum Gasteiger partial charge on any atom is -0.379 e. The molecular formula is C21H24N4O2S2. The van der Waals surface area contributed by atoms with Crippen molar-refractivity contribution in [2.45, 2.75) is 26.3 Å². The van der Waals surface area contributed by atoms with Gasteiger partial charge in [0.15, 0.2) is 5.13 Å². The van der Waals surface area contributed by atoms with Crippen LogP contribution in [0, 0.1) is 0 Å². The number of anilines is 1. The van der Waals surface area contributed by atoms with Crippen molar-refractivity contribution in [2.24, 2.45) is 0 Å². The quantitative estimate of drug-likeness (QED) is 0.619. The highest BCUT2D eigenvalue weighted by atomic mass is 32.1. The summed E-state index contributed by atoms with van der Waals surface area (Å²) in [5.74, 6) is -0.0875. The molecule has 0 bridgehead atoms. The van der Waals surface area contributed by atoms with E-state index in [1.807, 2.05) is 10.8 Å². The Labute approximate surface area is 178 Å². The zero-order chi connectivity index (χ0) is 20.1. The Kier molecular flexibility index (Phi) is 6.66. The first-order chi connectivity index (χ1) is 14.2. The lowest BCUT2D eigenvalue weighted by Crippen LogP contribution is -2.35. The maximum atomic E-state index is 12.4. The van der Waals surface area contributed by atoms with Gasteiger partial charge in [0.1, 0.15) is 5.01 Å². The van der Waals surface area contributed by atoms with Crippen molar-refractivity contribution < 1.29 is 9.53 Å². The summed E-state index contributed by atoms with van der Waals surface area (Å²) in [4.78, 5) is 23.9. The summed E-state index contributed by atoms with van der Waals surface area (Å²) >= 11 is 3.03. The van der Waals surface area contributed by atoms with Crippen LogP contribution in [-0.2, 0) is 28.9 Å². The molecular weight excluding hydrogens is 404 g/mol. The number of hydrogen-bond acceptors (Lipinski definition) is 7. The van der Waals surface area contributed by atoms with Crippen molar-refractivity contribution >= 4 is 33.7 Å². The summed E-state index contributed by atoms with van der Waals surface area (Å²) in [7, 11) is 0. The van der Waals surface area contributed by atoms with E-state index in [-0.39, 0.29) is 12.3 Å². The molecule has 0 atom stereocenters. The first kappa shape index (κ1) is 20.2. The second kappa shape index (κ2) is 9.58. The number of ether oxygens (including phenoxy) is 1. The molecule has 4 rings (SSSR count). The van der Waals surface area contributed by atoms with Crippen LogP contribution in [0.5, 0.6) is 0 Å². The van der Waals surface area contributed by atoms with Crippen LogP contribution in [0.1, 0.15) is 23.9 Å². The minimum absolute atomic E-state index is 0.0875. The predicted molar refractivity (Wildman–Crippen MR) is 117 cm³/mol. The van der Waals surface area contributed by atoms with Crippen molar-refractivity contribution in [3.8, 4) is 10.6 Å². The summed E-state index contributed by atoms with van der Waals surface area (Å²) in [6.07, 6.45) is 1.27. The fraction of sp³-hybridized carbons (Fsp3) is 0.381. The number of amides is 1. The maximum absolute atomic E-state index is 12.4. The summed E-state index contributed by atoms with van der Waals surface area (Å²) in [5.41, 5.74) is 4.17. The molecule has 6 nitrogen and oxygen atoms in total. The number of hydrogen-bond donors (Lipinski definition) is 1. The molecule has 1 fully saturated rings. The molecule has 1 N–H and O–H groups in total. The van der Waals surface area contributed by atoms with Gasteiger partial charge in [0.25, 0.3) is 0 Å². The Morgan fingerprint density at radius 2 is 1.86 bits per heavy atom. The molecule has 3 aromatic rings. The minimum atomic E-state index is -0.0875. The largest absolute Gasteiger partial charge is 0.379 e. The third-order valence-electron chi connectivity index (χ3n) is 4.79. The zero-order valence-electron chi connectivity index (χ0n) is 16.4. The lowest BCUT2D eigenvalue weighted by Gasteiger charge is -2.25. The van der Waals surface area contributed by atoms with E-state index in [9.17, 15) is 4.79 Å². The van der Waals surface area contributed by atoms with E-state index in [1.165, 1.54) is 16.9 Å². The molecule has 1 aliphatic rings. The van der Waals surface area contributed by atoms with Gasteiger partial charge in [-0.1, -0.05) is 31.2 Å². The Morgan fingerprint density at radius 1 is 1.10 bits per heavy atom. The van der Waals surface area contributed by atoms with Crippen LogP contribution < -0.4 is 5.32 Å². The van der Waals surface area contributed by atoms with E-state index in [1.54, 1.807) is 11.3 Å². The van der Waals surface area contributed by atoms with Gasteiger partial charge >= 0.3 is 0 Å². The SMILES string of the molecule is CCc1ccc(-c2nc(CC(=O)Nc3nc(CN4CCOCC4)cs3)cs2)cc1. The number of thiazole rings is 2. The van der Waals surface area contributed by atoms with Gasteiger partial charge in [-0.15, -0.1) is 22.7 Å². The highest BCUT2D eigenvalue weighted by Crippen LogP contribution is 2.25. The first-order valence-corrected chi connectivity index (χ1v) is 11.5. The van der Waals surface area contributed by atoms with E-state index in [0.29, 0.717) is 5.13 Å². The second-order valence-corrected chi connectivity index (χ2v) is 8.67. The number of carbonyl (C=O) groups excluding carboxylic acids is 1. The molecule has 0 unspecified atom stereocenters. The summed E-state index contributed by atoms with van der Waals surface area (Å²) in [6.45, 7) is 6.32. The van der Waals surface area contributed by atoms with Crippen LogP contribution in [-0.4, -0.2) is 47.1 Å². The molecule has 2 aromatic heterocycles. The molecule has 1 aliphatic heterocycles. The number of benzene rings is 1. The molecule has 0 spiro atoms. The average molecular weight is 429 g/mol. The monoisotopic (exact) mass is 428 g/mol. The van der Waals surface area contributed by atoms with E-state index in [0.717, 1.165) is 61.2 Å². The van der Waals surface area contributed by atoms with Crippen molar-refractivity contribution in [1.82, 2.24) is 14.9 Å². The average Bonchev–Trinajstić information content (AvgIpc) is 3.38. The number of aryl methyl sites for hydroxylation is 1. The smallest absolute Gasteiger partial charge is 0.232 e. The lowest BCUT2D eigenvalue weighted by atomic mass is 10.1. The van der Waals surface area contributed by atoms with Gasteiger partial charge in [-0.25, -0.2) is 9.97 Å². The lowest BCUT2D eigenvalue weighted by molar-refractivity contribution is -0.115. The van der Waals surface area contributed by atoms with Crippen LogP contribution in [0.4, 0.5) is 5.13 Å². The fourth-order valence-corrected chi connectivity index (χ4v) is 4.70. The molecule has 0 saturated carbocycles. The molecule has 1 saturated heterocycles. The van der Waals surface area contributed by atoms with E-state index in [4.69, 9.17) is 4.74 Å². The maximum Gasteiger partial charge on any atom is 0.232 e. The van der Waals surface area contributed by atoms with Crippen molar-refractivity contribution in [3.63, 3.8) is 0 Å². The summed E-state index contributed by atoms with van der Waals surface area (Å²) in [5, 5.41) is 8.45. The van der Waals surface area contributed by atoms with Gasteiger partial charge in [-0.2, -0.15) is 0 Å². The van der Waals surface area contributed by atoms with Crippen molar-refractivity contribution in [3.05, 3.63) is 52.0 Å². The van der Waals surface area contributed by atoms with Crippen LogP contribution in [0.2, 0.25) is 0 Å². The van der Waals surface area contributed by atoms with Gasteiger partial charge in [0.05, 0.1) is 31.0 Å². The van der Waals surface area contributed by atoms with Crippen LogP contribution in [0.3, 0.4) is 0 Å². The van der Waals surface area contributed by atoms with Gasteiger partial charge in [-0.3, -0.25) is 9.69 Å². The standard InChI is InChI=1S/C21H24N4O2S2/c1-2-15-3-5-16(6-4-15)20-22-17(13-28-20)11-19(26)24-21-23-18(14-29-21)12-25-7-9-27-10-8-25/h3-6,13-14H,2,7-12H2,1H3,(H,23,24,26). The molecule has 152 valence electrons. The molecule has 1 amide bonds. The van der Waals surface area contributed by atoms with Crippen LogP contribution in [0.15, 0.2) is 35.0 Å². The Hall–Kier alpha value is -2.13. The Balaban J connectivity index is 1.31. The highest BCUT2D eigenvalue weighted by molar-refractivity contribution is 7.14. The van der Waals surface area contributed by atoms with Crippen molar-refractivity contribution in [2.75, 3.05) is 31.6 Å². The molecule has 1 aromatic carbocycles. The number of nitrogens with zero attached hydrogens (tertiary/aromatic N) is 3. The van der Waals surface area contributed by atoms with Crippen LogP contribution >= 0.6 is 22.7 Å². The van der Waals surface area contributed by atoms with Gasteiger partial charge in [-0.05, 0) is 12.0 Å². The Bertz CT molecular complexity index is 946. The van der Waals surface area contributed by atoms with E-state index in [2.05, 4.69) is 51.4 Å². The van der Waals surface area contributed by atoms with E-state index >= 15 is 0 Å². The Morgan fingerprint density at radius 3 is 2.62 bits per heavy atom. The summed E-state index contributed by atoms with van der Waals surface area (Å²) in [6, 6.07) is 8.43. The molecule has 0 radical (unpaired) electrons. The third kappa shape index (κ3) is 5.48. The number of aromatic nitrogens is 2. The van der Waals surface area contributed by atoms with Crippen molar-refractivity contribution in [1.29, 1.82) is 0 Å². The van der Waals surface area contributed by atoms with Crippen LogP contribution in [0.25, 0.3) is 10.6 Å². The normalized spacial score (nSPS) is 14.8. The van der Waals surface area contributed by atoms with Gasteiger partial charge < -0.3 is 10.1 Å². The van der Waals surface area contributed by atoms with Gasteiger partial charge in [0, 0.05) is 36.0 Å². The fourth-order valence-electron chi connectivity index (χ4n) is 3.16. The number of nitrogens with one attached hydrogen (secondary N) is 1.